The van der Waals surface area contributed by atoms with Gasteiger partial charge in [-0.2, -0.15) is 4.31 Å². The third kappa shape index (κ3) is 5.53. The molecule has 0 aliphatic carbocycles. The van der Waals surface area contributed by atoms with E-state index < -0.39 is 34.5 Å². The average Bonchev–Trinajstić information content (AvgIpc) is 2.87. The number of aryl methyl sites for hydroxylation is 1. The third-order valence-electron chi connectivity index (χ3n) is 5.76. The van der Waals surface area contributed by atoms with Crippen LogP contribution in [0.3, 0.4) is 0 Å². The minimum absolute atomic E-state index is 0.0674. The molecule has 10 heteroatoms. The van der Waals surface area contributed by atoms with Crippen molar-refractivity contribution < 1.29 is 27.5 Å². The molecule has 0 aromatic heterocycles. The Balaban J connectivity index is 1.69. The lowest BCUT2D eigenvalue weighted by Crippen LogP contribution is -2.50. The maximum Gasteiger partial charge on any atom is 0.348 e. The van der Waals surface area contributed by atoms with Crippen LogP contribution in [0.1, 0.15) is 11.1 Å². The molecule has 0 fully saturated rings. The van der Waals surface area contributed by atoms with E-state index >= 15 is 0 Å². The van der Waals surface area contributed by atoms with Crippen molar-refractivity contribution in [1.82, 2.24) is 4.31 Å². The summed E-state index contributed by atoms with van der Waals surface area (Å²) >= 11 is 6.12. The highest BCUT2D eigenvalue weighted by molar-refractivity contribution is 7.89. The molecule has 0 bridgehead atoms. The van der Waals surface area contributed by atoms with Gasteiger partial charge in [-0.05, 0) is 48.9 Å². The van der Waals surface area contributed by atoms with Gasteiger partial charge in [-0.15, -0.1) is 0 Å². The second-order valence-electron chi connectivity index (χ2n) is 8.32. The fraction of sp³-hybridized carbons (Fsp3) is 0.231. The van der Waals surface area contributed by atoms with Crippen molar-refractivity contribution in [2.75, 3.05) is 25.1 Å². The third-order valence-corrected chi connectivity index (χ3v) is 7.80. The quantitative estimate of drug-likeness (QED) is 0.433. The Kier molecular flexibility index (Phi) is 7.63. The number of benzene rings is 3. The van der Waals surface area contributed by atoms with E-state index in [2.05, 4.69) is 0 Å². The molecule has 8 nitrogen and oxygen atoms in total. The number of anilines is 1. The minimum Gasteiger partial charge on any atom is -0.475 e. The standard InChI is InChI=1S/C26H25ClN2O6S/c1-18-10-12-21(13-11-18)36(32,33)28(15-19-6-5-7-20(27)14-19)17-25(30)29-16-24(26(31)34-2)35-23-9-4-3-8-22(23)29/h3-14,24H,15-17H2,1-2H3. The van der Waals surface area contributed by atoms with E-state index in [0.717, 1.165) is 9.87 Å². The second kappa shape index (κ2) is 10.7. The lowest BCUT2D eigenvalue weighted by Gasteiger charge is -2.34. The number of carbonyl (C=O) groups excluding carboxylic acids is 2. The fourth-order valence-corrected chi connectivity index (χ4v) is 5.48. The summed E-state index contributed by atoms with van der Waals surface area (Å²) < 4.78 is 38.9. The number of esters is 1. The van der Waals surface area contributed by atoms with Gasteiger partial charge in [0.25, 0.3) is 0 Å². The van der Waals surface area contributed by atoms with Crippen LogP contribution in [-0.2, 0) is 30.9 Å². The van der Waals surface area contributed by atoms with Gasteiger partial charge in [-0.25, -0.2) is 13.2 Å². The summed E-state index contributed by atoms with van der Waals surface area (Å²) in [7, 11) is -2.82. The van der Waals surface area contributed by atoms with Gasteiger partial charge in [0, 0.05) is 11.6 Å². The number of sulfonamides is 1. The molecule has 0 spiro atoms. The van der Waals surface area contributed by atoms with Gasteiger partial charge < -0.3 is 14.4 Å². The molecule has 3 aromatic rings. The molecule has 0 saturated carbocycles. The van der Waals surface area contributed by atoms with Crippen molar-refractivity contribution in [3.63, 3.8) is 0 Å². The lowest BCUT2D eigenvalue weighted by atomic mass is 10.2. The lowest BCUT2D eigenvalue weighted by molar-refractivity contribution is -0.148. The van der Waals surface area contributed by atoms with Gasteiger partial charge in [-0.3, -0.25) is 4.79 Å². The monoisotopic (exact) mass is 528 g/mol. The van der Waals surface area contributed by atoms with Crippen LogP contribution in [0.4, 0.5) is 5.69 Å². The highest BCUT2D eigenvalue weighted by Crippen LogP contribution is 2.34. The van der Waals surface area contributed by atoms with Crippen molar-refractivity contribution in [1.29, 1.82) is 0 Å². The molecule has 0 N–H and O–H groups in total. The van der Waals surface area contributed by atoms with Crippen molar-refractivity contribution in [2.45, 2.75) is 24.5 Å². The summed E-state index contributed by atoms with van der Waals surface area (Å²) in [5.41, 5.74) is 1.98. The smallest absolute Gasteiger partial charge is 0.348 e. The van der Waals surface area contributed by atoms with Crippen LogP contribution in [0, 0.1) is 6.92 Å². The Hall–Kier alpha value is -3.40. The molecule has 1 aliphatic heterocycles. The predicted octanol–water partition coefficient (Wildman–Crippen LogP) is 3.81. The van der Waals surface area contributed by atoms with Crippen LogP contribution in [0.5, 0.6) is 5.75 Å². The first kappa shape index (κ1) is 25.7. The Morgan fingerprint density at radius 3 is 2.50 bits per heavy atom. The van der Waals surface area contributed by atoms with Crippen LogP contribution in [0.2, 0.25) is 5.02 Å². The number of methoxy groups -OCH3 is 1. The number of nitrogens with zero attached hydrogens (tertiary/aromatic N) is 2. The molecule has 1 aliphatic rings. The maximum absolute atomic E-state index is 13.6. The first-order valence-electron chi connectivity index (χ1n) is 11.1. The molecule has 4 rings (SSSR count). The Bertz CT molecular complexity index is 1380. The van der Waals surface area contributed by atoms with Crippen molar-refractivity contribution in [2.24, 2.45) is 0 Å². The molecular weight excluding hydrogens is 504 g/mol. The largest absolute Gasteiger partial charge is 0.475 e. The van der Waals surface area contributed by atoms with Gasteiger partial charge in [-0.1, -0.05) is 53.6 Å². The number of hydrogen-bond donors (Lipinski definition) is 0. The molecule has 0 radical (unpaired) electrons. The summed E-state index contributed by atoms with van der Waals surface area (Å²) in [6.45, 7) is 1.20. The van der Waals surface area contributed by atoms with Crippen molar-refractivity contribution >= 4 is 39.2 Å². The Labute approximate surface area is 215 Å². The molecule has 36 heavy (non-hydrogen) atoms. The Morgan fingerprint density at radius 1 is 1.08 bits per heavy atom. The number of fused-ring (bicyclic) bond motifs is 1. The normalized spacial score (nSPS) is 15.2. The molecule has 0 saturated heterocycles. The highest BCUT2D eigenvalue weighted by atomic mass is 35.5. The van der Waals surface area contributed by atoms with Crippen LogP contribution in [-0.4, -0.2) is 50.9 Å². The van der Waals surface area contributed by atoms with Crippen molar-refractivity contribution in [3.8, 4) is 5.75 Å². The van der Waals surface area contributed by atoms with Gasteiger partial charge in [0.1, 0.15) is 5.75 Å². The number of ether oxygens (including phenoxy) is 2. The SMILES string of the molecule is COC(=O)C1CN(C(=O)CN(Cc2cccc(Cl)c2)S(=O)(=O)c2ccc(C)cc2)c2ccccc2O1. The first-order valence-corrected chi connectivity index (χ1v) is 13.0. The number of halogens is 1. The highest BCUT2D eigenvalue weighted by Gasteiger charge is 2.36. The zero-order valence-electron chi connectivity index (χ0n) is 19.8. The van der Waals surface area contributed by atoms with E-state index in [1.54, 1.807) is 60.7 Å². The molecule has 1 unspecified atom stereocenters. The number of hydrogen-bond acceptors (Lipinski definition) is 6. The van der Waals surface area contributed by atoms with Gasteiger partial charge in [0.15, 0.2) is 0 Å². The maximum atomic E-state index is 13.6. The molecule has 188 valence electrons. The van der Waals surface area contributed by atoms with Gasteiger partial charge in [0.2, 0.25) is 22.0 Å². The molecule has 3 aromatic carbocycles. The summed E-state index contributed by atoms with van der Waals surface area (Å²) in [6, 6.07) is 20.0. The second-order valence-corrected chi connectivity index (χ2v) is 10.7. The van der Waals surface area contributed by atoms with E-state index in [9.17, 15) is 18.0 Å². The minimum atomic E-state index is -4.05. The zero-order chi connectivity index (χ0) is 25.9. The summed E-state index contributed by atoms with van der Waals surface area (Å²) in [6.07, 6.45) is -1.04. The summed E-state index contributed by atoms with van der Waals surface area (Å²) in [4.78, 5) is 27.2. The fourth-order valence-electron chi connectivity index (χ4n) is 3.89. The summed E-state index contributed by atoms with van der Waals surface area (Å²) in [5, 5.41) is 0.453. The molecule has 1 heterocycles. The molecular formula is C26H25ClN2O6S. The van der Waals surface area contributed by atoms with Crippen LogP contribution >= 0.6 is 11.6 Å². The van der Waals surface area contributed by atoms with E-state index in [-0.39, 0.29) is 18.0 Å². The van der Waals surface area contributed by atoms with Crippen molar-refractivity contribution in [3.05, 3.63) is 88.9 Å². The van der Waals surface area contributed by atoms with Gasteiger partial charge >= 0.3 is 5.97 Å². The van der Waals surface area contributed by atoms with E-state index in [1.165, 1.54) is 24.1 Å². The van der Waals surface area contributed by atoms with E-state index in [1.807, 2.05) is 6.92 Å². The summed E-state index contributed by atoms with van der Waals surface area (Å²) in [5.74, 6) is -0.821. The molecule has 1 atom stereocenters. The zero-order valence-corrected chi connectivity index (χ0v) is 21.3. The Morgan fingerprint density at radius 2 is 1.81 bits per heavy atom. The van der Waals surface area contributed by atoms with Crippen LogP contribution < -0.4 is 9.64 Å². The topological polar surface area (TPSA) is 93.2 Å². The predicted molar refractivity (Wildman–Crippen MR) is 135 cm³/mol. The average molecular weight is 529 g/mol. The number of carbonyl (C=O) groups is 2. The van der Waals surface area contributed by atoms with E-state index in [4.69, 9.17) is 21.1 Å². The van der Waals surface area contributed by atoms with Crippen LogP contribution in [0.25, 0.3) is 0 Å². The molecule has 1 amide bonds. The first-order chi connectivity index (χ1) is 17.2. The van der Waals surface area contributed by atoms with Crippen LogP contribution in [0.15, 0.2) is 77.7 Å². The van der Waals surface area contributed by atoms with E-state index in [0.29, 0.717) is 22.0 Å². The number of amides is 1. The van der Waals surface area contributed by atoms with Gasteiger partial charge in [0.05, 0.1) is 30.8 Å². The number of para-hydroxylation sites is 2. The number of rotatable bonds is 7.